The van der Waals surface area contributed by atoms with E-state index in [9.17, 15) is 14.7 Å². The van der Waals surface area contributed by atoms with Crippen LogP contribution in [-0.2, 0) is 4.79 Å². The maximum atomic E-state index is 11.5. The summed E-state index contributed by atoms with van der Waals surface area (Å²) in [4.78, 5) is 25.7. The molecule has 2 heterocycles. The van der Waals surface area contributed by atoms with Gasteiger partial charge in [-0.1, -0.05) is 0 Å². The number of carbonyl (C=O) groups excluding carboxylic acids is 2. The third-order valence-electron chi connectivity index (χ3n) is 2.62. The second-order valence-electron chi connectivity index (χ2n) is 3.42. The fraction of sp³-hybridized carbons (Fsp3) is 0.750. The van der Waals surface area contributed by atoms with E-state index in [1.54, 1.807) is 6.92 Å². The molecule has 0 saturated carbocycles. The van der Waals surface area contributed by atoms with Crippen LogP contribution in [0.5, 0.6) is 0 Å². The largest absolute Gasteiger partial charge is 0.391 e. The van der Waals surface area contributed by atoms with Gasteiger partial charge in [0.2, 0.25) is 0 Å². The third kappa shape index (κ3) is 1.03. The van der Waals surface area contributed by atoms with Gasteiger partial charge in [-0.15, -0.1) is 0 Å². The number of imide groups is 1. The molecule has 2 aliphatic rings. The summed E-state index contributed by atoms with van der Waals surface area (Å²) in [7, 11) is 0. The van der Waals surface area contributed by atoms with Crippen LogP contribution in [0.3, 0.4) is 0 Å². The Balaban J connectivity index is 2.23. The SMILES string of the molecule is CCN1C(=O)C2C[C@@H](O)CN2C1=O. The molecular weight excluding hydrogens is 172 g/mol. The molecule has 2 aliphatic heterocycles. The summed E-state index contributed by atoms with van der Waals surface area (Å²) >= 11 is 0. The van der Waals surface area contributed by atoms with E-state index in [0.717, 1.165) is 0 Å². The maximum Gasteiger partial charge on any atom is 0.327 e. The summed E-state index contributed by atoms with van der Waals surface area (Å²) in [6, 6.07) is -0.656. The molecule has 5 nitrogen and oxygen atoms in total. The van der Waals surface area contributed by atoms with Crippen molar-refractivity contribution in [2.45, 2.75) is 25.5 Å². The predicted molar refractivity (Wildman–Crippen MR) is 43.9 cm³/mol. The van der Waals surface area contributed by atoms with Crippen molar-refractivity contribution in [2.24, 2.45) is 0 Å². The molecule has 0 radical (unpaired) electrons. The number of hydrogen-bond acceptors (Lipinski definition) is 3. The Hall–Kier alpha value is -1.10. The molecular formula is C8H12N2O3. The summed E-state index contributed by atoms with van der Waals surface area (Å²) in [6.07, 6.45) is -0.141. The average Bonchev–Trinajstić information content (AvgIpc) is 2.55. The van der Waals surface area contributed by atoms with Gasteiger partial charge in [-0.05, 0) is 6.92 Å². The molecule has 0 aromatic carbocycles. The first-order valence-corrected chi connectivity index (χ1v) is 4.45. The van der Waals surface area contributed by atoms with Crippen LogP contribution < -0.4 is 0 Å². The molecule has 0 bridgehead atoms. The van der Waals surface area contributed by atoms with Crippen LogP contribution in [0.4, 0.5) is 4.79 Å². The molecule has 5 heteroatoms. The Bertz CT molecular complexity index is 242. The summed E-state index contributed by atoms with van der Waals surface area (Å²) < 4.78 is 0. The lowest BCUT2D eigenvalue weighted by atomic mass is 10.2. The van der Waals surface area contributed by atoms with Gasteiger partial charge in [0, 0.05) is 19.5 Å². The number of aliphatic hydroxyl groups excluding tert-OH is 1. The molecule has 1 unspecified atom stereocenters. The predicted octanol–water partition coefficient (Wildman–Crippen LogP) is -0.596. The second kappa shape index (κ2) is 2.70. The van der Waals surface area contributed by atoms with Crippen LogP contribution in [0.15, 0.2) is 0 Å². The first kappa shape index (κ1) is 8.50. The minimum Gasteiger partial charge on any atom is -0.391 e. The monoisotopic (exact) mass is 184 g/mol. The van der Waals surface area contributed by atoms with Crippen molar-refractivity contribution in [1.82, 2.24) is 9.80 Å². The van der Waals surface area contributed by atoms with E-state index in [2.05, 4.69) is 0 Å². The summed E-state index contributed by atoms with van der Waals surface area (Å²) in [5, 5.41) is 9.26. The Morgan fingerprint density at radius 2 is 2.23 bits per heavy atom. The fourth-order valence-corrected chi connectivity index (χ4v) is 1.98. The van der Waals surface area contributed by atoms with Crippen molar-refractivity contribution in [2.75, 3.05) is 13.1 Å². The summed E-state index contributed by atoms with van der Waals surface area (Å²) in [5.41, 5.74) is 0. The molecule has 2 fully saturated rings. The van der Waals surface area contributed by atoms with Crippen molar-refractivity contribution < 1.29 is 14.7 Å². The zero-order valence-corrected chi connectivity index (χ0v) is 7.43. The van der Waals surface area contributed by atoms with Gasteiger partial charge in [0.25, 0.3) is 5.91 Å². The molecule has 72 valence electrons. The lowest BCUT2D eigenvalue weighted by Crippen LogP contribution is -2.34. The number of urea groups is 1. The van der Waals surface area contributed by atoms with Crippen LogP contribution in [0.2, 0.25) is 0 Å². The number of likely N-dealkylation sites (N-methyl/N-ethyl adjacent to an activating group) is 1. The summed E-state index contributed by atoms with van der Waals surface area (Å²) in [5.74, 6) is -0.163. The van der Waals surface area contributed by atoms with E-state index in [0.29, 0.717) is 19.5 Å². The zero-order chi connectivity index (χ0) is 9.59. The highest BCUT2D eigenvalue weighted by Crippen LogP contribution is 2.27. The second-order valence-corrected chi connectivity index (χ2v) is 3.42. The van der Waals surface area contributed by atoms with E-state index in [-0.39, 0.29) is 11.9 Å². The van der Waals surface area contributed by atoms with E-state index in [4.69, 9.17) is 0 Å². The van der Waals surface area contributed by atoms with Crippen LogP contribution in [0, 0.1) is 0 Å². The van der Waals surface area contributed by atoms with Crippen LogP contribution in [0.1, 0.15) is 13.3 Å². The quantitative estimate of drug-likeness (QED) is 0.554. The van der Waals surface area contributed by atoms with Gasteiger partial charge in [0.05, 0.1) is 6.10 Å². The standard InChI is InChI=1S/C8H12N2O3/c1-2-9-7(12)6-3-5(11)4-10(6)8(9)13/h5-6,11H,2-4H2,1H3/t5-,6?/m1/s1. The number of aliphatic hydroxyl groups is 1. The minimum absolute atomic E-state index is 0.163. The molecule has 2 rings (SSSR count). The fourth-order valence-electron chi connectivity index (χ4n) is 1.98. The van der Waals surface area contributed by atoms with E-state index in [1.807, 2.05) is 0 Å². The lowest BCUT2D eigenvalue weighted by Gasteiger charge is -2.13. The Morgan fingerprint density at radius 3 is 2.77 bits per heavy atom. The molecule has 2 saturated heterocycles. The first-order valence-electron chi connectivity index (χ1n) is 4.45. The van der Waals surface area contributed by atoms with Gasteiger partial charge in [-0.2, -0.15) is 0 Å². The molecule has 0 aliphatic carbocycles. The van der Waals surface area contributed by atoms with Crippen molar-refractivity contribution in [3.05, 3.63) is 0 Å². The van der Waals surface area contributed by atoms with E-state index < -0.39 is 12.1 Å². The van der Waals surface area contributed by atoms with Crippen molar-refractivity contribution >= 4 is 11.9 Å². The van der Waals surface area contributed by atoms with E-state index in [1.165, 1.54) is 9.80 Å². The Labute approximate surface area is 75.9 Å². The smallest absolute Gasteiger partial charge is 0.327 e. The number of rotatable bonds is 1. The molecule has 0 spiro atoms. The van der Waals surface area contributed by atoms with Gasteiger partial charge in [-0.3, -0.25) is 9.69 Å². The normalized spacial score (nSPS) is 33.1. The van der Waals surface area contributed by atoms with E-state index >= 15 is 0 Å². The highest BCUT2D eigenvalue weighted by Gasteiger charge is 2.49. The minimum atomic E-state index is -0.531. The Morgan fingerprint density at radius 1 is 1.54 bits per heavy atom. The third-order valence-corrected chi connectivity index (χ3v) is 2.62. The van der Waals surface area contributed by atoms with Gasteiger partial charge < -0.3 is 10.0 Å². The number of hydrogen-bond donors (Lipinski definition) is 1. The number of fused-ring (bicyclic) bond motifs is 1. The summed E-state index contributed by atoms with van der Waals surface area (Å²) in [6.45, 7) is 2.49. The molecule has 3 amide bonds. The topological polar surface area (TPSA) is 60.9 Å². The van der Waals surface area contributed by atoms with Crippen LogP contribution in [0.25, 0.3) is 0 Å². The van der Waals surface area contributed by atoms with Gasteiger partial charge in [-0.25, -0.2) is 4.79 Å². The molecule has 2 atom stereocenters. The van der Waals surface area contributed by atoms with Crippen LogP contribution in [-0.4, -0.2) is 52.1 Å². The van der Waals surface area contributed by atoms with Crippen LogP contribution >= 0.6 is 0 Å². The molecule has 1 N–H and O–H groups in total. The van der Waals surface area contributed by atoms with Crippen molar-refractivity contribution in [1.29, 1.82) is 0 Å². The van der Waals surface area contributed by atoms with Gasteiger partial charge in [0.1, 0.15) is 6.04 Å². The van der Waals surface area contributed by atoms with Crippen molar-refractivity contribution in [3.8, 4) is 0 Å². The zero-order valence-electron chi connectivity index (χ0n) is 7.43. The van der Waals surface area contributed by atoms with Crippen molar-refractivity contribution in [3.63, 3.8) is 0 Å². The highest BCUT2D eigenvalue weighted by molar-refractivity contribution is 6.04. The van der Waals surface area contributed by atoms with Gasteiger partial charge in [0.15, 0.2) is 0 Å². The first-order chi connectivity index (χ1) is 6.15. The molecule has 0 aromatic rings. The van der Waals surface area contributed by atoms with Gasteiger partial charge >= 0.3 is 6.03 Å². The lowest BCUT2D eigenvalue weighted by molar-refractivity contribution is -0.128. The number of nitrogens with zero attached hydrogens (tertiary/aromatic N) is 2. The number of amides is 3. The molecule has 0 aromatic heterocycles. The molecule has 13 heavy (non-hydrogen) atoms. The maximum absolute atomic E-state index is 11.5. The Kier molecular flexibility index (Phi) is 1.76. The highest BCUT2D eigenvalue weighted by atomic mass is 16.3. The average molecular weight is 184 g/mol. The number of carbonyl (C=O) groups is 2.